The summed E-state index contributed by atoms with van der Waals surface area (Å²) in [5, 5.41) is 13.8. The maximum atomic E-state index is 12.7. The number of anilines is 2. The minimum Gasteiger partial charge on any atom is -0.378 e. The first-order valence-electron chi connectivity index (χ1n) is 7.90. The van der Waals surface area contributed by atoms with Gasteiger partial charge in [-0.15, -0.1) is 0 Å². The Kier molecular flexibility index (Phi) is 4.90. The topological polar surface area (TPSA) is 97.6 Å². The lowest BCUT2D eigenvalue weighted by Gasteiger charge is -2.29. The third kappa shape index (κ3) is 3.74. The summed E-state index contributed by atoms with van der Waals surface area (Å²) in [5.41, 5.74) is 1.31. The molecule has 0 bridgehead atoms. The van der Waals surface area contributed by atoms with Crippen LogP contribution in [0.1, 0.15) is 15.9 Å². The molecule has 0 saturated carbocycles. The number of nitro groups is 1. The van der Waals surface area contributed by atoms with Gasteiger partial charge in [-0.1, -0.05) is 6.07 Å². The molecule has 1 amide bonds. The van der Waals surface area contributed by atoms with Crippen LogP contribution in [0.25, 0.3) is 0 Å². The van der Waals surface area contributed by atoms with Crippen molar-refractivity contribution in [3.8, 4) is 0 Å². The molecule has 1 fully saturated rings. The molecule has 0 atom stereocenters. The van der Waals surface area contributed by atoms with E-state index < -0.39 is 4.92 Å². The Bertz CT molecular complexity index is 803. The fourth-order valence-electron chi connectivity index (χ4n) is 2.68. The Morgan fingerprint density at radius 1 is 1.32 bits per heavy atom. The van der Waals surface area contributed by atoms with Crippen LogP contribution in [-0.2, 0) is 4.74 Å². The second-order valence-electron chi connectivity index (χ2n) is 5.69. The third-order valence-electron chi connectivity index (χ3n) is 4.01. The molecule has 0 spiro atoms. The maximum absolute atomic E-state index is 12.7. The number of pyridine rings is 1. The van der Waals surface area contributed by atoms with Gasteiger partial charge in [-0.25, -0.2) is 4.98 Å². The van der Waals surface area contributed by atoms with E-state index in [0.29, 0.717) is 48.9 Å². The highest BCUT2D eigenvalue weighted by atomic mass is 16.6. The summed E-state index contributed by atoms with van der Waals surface area (Å²) in [6.45, 7) is 4.14. The molecular weight excluding hydrogens is 324 g/mol. The Morgan fingerprint density at radius 2 is 2.08 bits per heavy atom. The van der Waals surface area contributed by atoms with Crippen LogP contribution in [-0.4, -0.2) is 42.1 Å². The molecule has 1 saturated heterocycles. The van der Waals surface area contributed by atoms with Crippen molar-refractivity contribution in [1.29, 1.82) is 0 Å². The smallest absolute Gasteiger partial charge is 0.274 e. The van der Waals surface area contributed by atoms with Gasteiger partial charge in [0.15, 0.2) is 0 Å². The number of ether oxygens (including phenoxy) is 1. The highest BCUT2D eigenvalue weighted by Gasteiger charge is 2.20. The van der Waals surface area contributed by atoms with Crippen molar-refractivity contribution in [2.45, 2.75) is 6.92 Å². The number of morpholine rings is 1. The Labute approximate surface area is 144 Å². The summed E-state index contributed by atoms with van der Waals surface area (Å²) in [6.07, 6.45) is 1.64. The number of carbonyl (C=O) groups excluding carboxylic acids is 1. The van der Waals surface area contributed by atoms with Crippen molar-refractivity contribution in [2.24, 2.45) is 0 Å². The van der Waals surface area contributed by atoms with E-state index in [4.69, 9.17) is 4.74 Å². The number of hydrogen-bond donors (Lipinski definition) is 1. The normalized spacial score (nSPS) is 14.2. The first-order valence-corrected chi connectivity index (χ1v) is 7.90. The Hall–Kier alpha value is -3.00. The molecular formula is C17H18N4O4. The standard InChI is InChI=1S/C17H18N4O4/c1-12-4-5-13(11-15(12)21(23)24)19-17(22)14-3-2-6-18-16(14)20-7-9-25-10-8-20/h2-6,11H,7-10H2,1H3,(H,19,22). The molecule has 0 radical (unpaired) electrons. The van der Waals surface area contributed by atoms with Crippen molar-refractivity contribution < 1.29 is 14.5 Å². The number of hydrogen-bond acceptors (Lipinski definition) is 6. The van der Waals surface area contributed by atoms with Gasteiger partial charge in [-0.05, 0) is 25.1 Å². The minimum absolute atomic E-state index is 0.0302. The van der Waals surface area contributed by atoms with Crippen molar-refractivity contribution in [3.05, 3.63) is 57.8 Å². The summed E-state index contributed by atoms with van der Waals surface area (Å²) in [4.78, 5) is 29.6. The molecule has 130 valence electrons. The monoisotopic (exact) mass is 342 g/mol. The van der Waals surface area contributed by atoms with Crippen LogP contribution in [0.5, 0.6) is 0 Å². The number of amides is 1. The van der Waals surface area contributed by atoms with E-state index >= 15 is 0 Å². The lowest BCUT2D eigenvalue weighted by atomic mass is 10.1. The van der Waals surface area contributed by atoms with E-state index in [0.717, 1.165) is 0 Å². The molecule has 1 aliphatic rings. The molecule has 3 rings (SSSR count). The fourth-order valence-corrected chi connectivity index (χ4v) is 2.68. The van der Waals surface area contributed by atoms with Gasteiger partial charge >= 0.3 is 0 Å². The minimum atomic E-state index is -0.464. The number of aromatic nitrogens is 1. The molecule has 1 N–H and O–H groups in total. The molecule has 25 heavy (non-hydrogen) atoms. The van der Waals surface area contributed by atoms with Gasteiger partial charge < -0.3 is 15.0 Å². The molecule has 2 heterocycles. The van der Waals surface area contributed by atoms with Crippen LogP contribution >= 0.6 is 0 Å². The first kappa shape index (κ1) is 16.8. The molecule has 1 aromatic heterocycles. The molecule has 2 aromatic rings. The SMILES string of the molecule is Cc1ccc(NC(=O)c2cccnc2N2CCOCC2)cc1[N+](=O)[O-]. The predicted octanol–water partition coefficient (Wildman–Crippen LogP) is 2.39. The van der Waals surface area contributed by atoms with E-state index in [1.165, 1.54) is 6.07 Å². The van der Waals surface area contributed by atoms with Crippen molar-refractivity contribution >= 4 is 23.1 Å². The van der Waals surface area contributed by atoms with E-state index in [1.807, 2.05) is 4.90 Å². The molecule has 8 nitrogen and oxygen atoms in total. The second kappa shape index (κ2) is 7.27. The van der Waals surface area contributed by atoms with Crippen molar-refractivity contribution in [3.63, 3.8) is 0 Å². The van der Waals surface area contributed by atoms with Gasteiger partial charge in [0.2, 0.25) is 0 Å². The van der Waals surface area contributed by atoms with E-state index in [1.54, 1.807) is 37.4 Å². The second-order valence-corrected chi connectivity index (χ2v) is 5.69. The van der Waals surface area contributed by atoms with E-state index in [9.17, 15) is 14.9 Å². The zero-order valence-corrected chi connectivity index (χ0v) is 13.8. The first-order chi connectivity index (χ1) is 12.1. The Morgan fingerprint density at radius 3 is 2.80 bits per heavy atom. The highest BCUT2D eigenvalue weighted by molar-refractivity contribution is 6.07. The molecule has 1 aromatic carbocycles. The molecule has 8 heteroatoms. The molecule has 1 aliphatic heterocycles. The van der Waals surface area contributed by atoms with E-state index in [-0.39, 0.29) is 11.6 Å². The molecule has 0 unspecified atom stereocenters. The van der Waals surface area contributed by atoms with Crippen molar-refractivity contribution in [1.82, 2.24) is 4.98 Å². The summed E-state index contributed by atoms with van der Waals surface area (Å²) in [5.74, 6) is 0.234. The van der Waals surface area contributed by atoms with Gasteiger partial charge in [-0.3, -0.25) is 14.9 Å². The Balaban J connectivity index is 1.84. The van der Waals surface area contributed by atoms with Crippen LogP contribution in [0.15, 0.2) is 36.5 Å². The van der Waals surface area contributed by atoms with Gasteiger partial charge in [0.25, 0.3) is 11.6 Å². The average molecular weight is 342 g/mol. The fraction of sp³-hybridized carbons (Fsp3) is 0.294. The van der Waals surface area contributed by atoms with Crippen LogP contribution in [0.4, 0.5) is 17.2 Å². The van der Waals surface area contributed by atoms with Gasteiger partial charge in [0.1, 0.15) is 5.82 Å². The predicted molar refractivity (Wildman–Crippen MR) is 93.1 cm³/mol. The van der Waals surface area contributed by atoms with Gasteiger partial charge in [0.05, 0.1) is 23.7 Å². The number of benzene rings is 1. The number of rotatable bonds is 4. The molecule has 0 aliphatic carbocycles. The summed E-state index contributed by atoms with van der Waals surface area (Å²) < 4.78 is 5.33. The summed E-state index contributed by atoms with van der Waals surface area (Å²) in [6, 6.07) is 8.00. The lowest BCUT2D eigenvalue weighted by molar-refractivity contribution is -0.385. The number of nitrogens with zero attached hydrogens (tertiary/aromatic N) is 3. The van der Waals surface area contributed by atoms with Crippen LogP contribution < -0.4 is 10.2 Å². The largest absolute Gasteiger partial charge is 0.378 e. The van der Waals surface area contributed by atoms with E-state index in [2.05, 4.69) is 10.3 Å². The summed E-state index contributed by atoms with van der Waals surface area (Å²) in [7, 11) is 0. The zero-order chi connectivity index (χ0) is 17.8. The van der Waals surface area contributed by atoms with Crippen LogP contribution in [0.3, 0.4) is 0 Å². The summed E-state index contributed by atoms with van der Waals surface area (Å²) >= 11 is 0. The third-order valence-corrected chi connectivity index (χ3v) is 4.01. The lowest BCUT2D eigenvalue weighted by Crippen LogP contribution is -2.38. The van der Waals surface area contributed by atoms with Gasteiger partial charge in [0, 0.05) is 36.6 Å². The van der Waals surface area contributed by atoms with Crippen LogP contribution in [0, 0.1) is 17.0 Å². The number of carbonyl (C=O) groups is 1. The zero-order valence-electron chi connectivity index (χ0n) is 13.8. The van der Waals surface area contributed by atoms with Crippen LogP contribution in [0.2, 0.25) is 0 Å². The average Bonchev–Trinajstić information content (AvgIpc) is 2.64. The quantitative estimate of drug-likeness (QED) is 0.677. The maximum Gasteiger partial charge on any atom is 0.274 e. The van der Waals surface area contributed by atoms with Gasteiger partial charge in [-0.2, -0.15) is 0 Å². The number of nitro benzene ring substituents is 1. The highest BCUT2D eigenvalue weighted by Crippen LogP contribution is 2.24. The number of nitrogens with one attached hydrogen (secondary N) is 1. The number of aryl methyl sites for hydroxylation is 1. The van der Waals surface area contributed by atoms with Crippen molar-refractivity contribution in [2.75, 3.05) is 36.5 Å².